The summed E-state index contributed by atoms with van der Waals surface area (Å²) in [5.41, 5.74) is 2.32. The Morgan fingerprint density at radius 2 is 2.05 bits per heavy atom. The van der Waals surface area contributed by atoms with E-state index in [0.29, 0.717) is 18.8 Å². The number of benzene rings is 1. The van der Waals surface area contributed by atoms with Crippen molar-refractivity contribution in [1.82, 2.24) is 15.0 Å². The van der Waals surface area contributed by atoms with Crippen molar-refractivity contribution in [2.45, 2.75) is 13.1 Å². The van der Waals surface area contributed by atoms with Gasteiger partial charge in [-0.3, -0.25) is 5.32 Å². The van der Waals surface area contributed by atoms with Crippen LogP contribution in [0.4, 0.5) is 16.2 Å². The number of carbonyl (C=O) groups is 1. The van der Waals surface area contributed by atoms with Gasteiger partial charge in [-0.25, -0.2) is 9.48 Å². The highest BCUT2D eigenvalue weighted by molar-refractivity contribution is 5.84. The van der Waals surface area contributed by atoms with Gasteiger partial charge in [-0.1, -0.05) is 5.21 Å². The molecule has 0 aliphatic rings. The van der Waals surface area contributed by atoms with E-state index in [1.54, 1.807) is 23.0 Å². The summed E-state index contributed by atoms with van der Waals surface area (Å²) in [6.45, 7) is 0.987. The van der Waals surface area contributed by atoms with Gasteiger partial charge >= 0.3 is 6.09 Å². The molecule has 0 aliphatic heterocycles. The van der Waals surface area contributed by atoms with Crippen LogP contribution < -0.4 is 10.6 Å². The molecule has 2 aromatic rings. The molecule has 0 unspecified atom stereocenters. The van der Waals surface area contributed by atoms with E-state index in [4.69, 9.17) is 5.11 Å². The molecule has 1 heterocycles. The van der Waals surface area contributed by atoms with Crippen molar-refractivity contribution in [3.63, 3.8) is 0 Å². The van der Waals surface area contributed by atoms with Crippen LogP contribution in [-0.2, 0) is 17.8 Å². The van der Waals surface area contributed by atoms with Crippen LogP contribution in [0.2, 0.25) is 0 Å². The molecule has 8 nitrogen and oxygen atoms in total. The molecular weight excluding hydrogens is 274 g/mol. The van der Waals surface area contributed by atoms with Crippen molar-refractivity contribution in [3.8, 4) is 0 Å². The van der Waals surface area contributed by atoms with Crippen molar-refractivity contribution in [2.24, 2.45) is 0 Å². The maximum absolute atomic E-state index is 11.0. The monoisotopic (exact) mass is 291 g/mol. The molecule has 1 amide bonds. The van der Waals surface area contributed by atoms with Crippen molar-refractivity contribution in [1.29, 1.82) is 0 Å². The fourth-order valence-corrected chi connectivity index (χ4v) is 1.66. The predicted molar refractivity (Wildman–Crippen MR) is 76.9 cm³/mol. The molecule has 0 saturated heterocycles. The molecule has 112 valence electrons. The molecule has 0 aliphatic carbocycles. The van der Waals surface area contributed by atoms with E-state index in [2.05, 4.69) is 25.7 Å². The molecule has 0 radical (unpaired) electrons. The maximum atomic E-state index is 11.0. The Hall–Kier alpha value is -2.61. The van der Waals surface area contributed by atoms with Crippen LogP contribution in [0.1, 0.15) is 5.69 Å². The van der Waals surface area contributed by atoms with Crippen molar-refractivity contribution < 1.29 is 14.6 Å². The number of carbonyl (C=O) groups excluding carboxylic acids is 1. The highest BCUT2D eigenvalue weighted by Gasteiger charge is 2.02. The fourth-order valence-electron chi connectivity index (χ4n) is 1.66. The summed E-state index contributed by atoms with van der Waals surface area (Å²) in [5.74, 6) is 0. The molecule has 1 aromatic carbocycles. The smallest absolute Gasteiger partial charge is 0.411 e. The third-order valence-corrected chi connectivity index (χ3v) is 2.71. The molecular formula is C13H17N5O3. The van der Waals surface area contributed by atoms with Crippen molar-refractivity contribution in [3.05, 3.63) is 36.2 Å². The summed E-state index contributed by atoms with van der Waals surface area (Å²) >= 11 is 0. The van der Waals surface area contributed by atoms with Crippen LogP contribution in [0, 0.1) is 0 Å². The second-order valence-corrected chi connectivity index (χ2v) is 4.24. The zero-order chi connectivity index (χ0) is 15.1. The Kier molecular flexibility index (Phi) is 5.10. The summed E-state index contributed by atoms with van der Waals surface area (Å²) in [6.07, 6.45) is 1.27. The Morgan fingerprint density at radius 3 is 2.71 bits per heavy atom. The van der Waals surface area contributed by atoms with Crippen LogP contribution in [-0.4, -0.2) is 39.9 Å². The zero-order valence-corrected chi connectivity index (χ0v) is 11.6. The number of nitrogens with one attached hydrogen (secondary N) is 2. The van der Waals surface area contributed by atoms with E-state index in [1.807, 2.05) is 12.1 Å². The Bertz CT molecular complexity index is 582. The number of amides is 1. The van der Waals surface area contributed by atoms with E-state index in [9.17, 15) is 4.79 Å². The molecule has 2 rings (SSSR count). The zero-order valence-electron chi connectivity index (χ0n) is 11.6. The minimum absolute atomic E-state index is 0.0326. The molecule has 0 atom stereocenters. The SMILES string of the molecule is COC(=O)Nc1ccc(NCc2cn(CCO)nn2)cc1. The summed E-state index contributed by atoms with van der Waals surface area (Å²) < 4.78 is 6.09. The summed E-state index contributed by atoms with van der Waals surface area (Å²) in [4.78, 5) is 11.0. The summed E-state index contributed by atoms with van der Waals surface area (Å²) in [5, 5.41) is 22.4. The van der Waals surface area contributed by atoms with Gasteiger partial charge in [0.2, 0.25) is 0 Å². The number of hydrogen-bond donors (Lipinski definition) is 3. The van der Waals surface area contributed by atoms with Gasteiger partial charge < -0.3 is 15.2 Å². The lowest BCUT2D eigenvalue weighted by molar-refractivity contribution is 0.187. The first-order valence-electron chi connectivity index (χ1n) is 6.40. The Morgan fingerprint density at radius 1 is 1.33 bits per heavy atom. The average molecular weight is 291 g/mol. The minimum atomic E-state index is -0.504. The quantitative estimate of drug-likeness (QED) is 0.735. The first kappa shape index (κ1) is 14.8. The topological polar surface area (TPSA) is 101 Å². The first-order chi connectivity index (χ1) is 10.2. The number of aromatic nitrogens is 3. The number of anilines is 2. The normalized spacial score (nSPS) is 10.2. The molecule has 3 N–H and O–H groups in total. The van der Waals surface area contributed by atoms with Gasteiger partial charge in [0.05, 0.1) is 33.0 Å². The predicted octanol–water partition coefficient (Wildman–Crippen LogP) is 1.06. The number of methoxy groups -OCH3 is 1. The van der Waals surface area contributed by atoms with E-state index < -0.39 is 6.09 Å². The third-order valence-electron chi connectivity index (χ3n) is 2.71. The van der Waals surface area contributed by atoms with Gasteiger partial charge in [0, 0.05) is 11.4 Å². The number of hydrogen-bond acceptors (Lipinski definition) is 6. The lowest BCUT2D eigenvalue weighted by atomic mass is 10.2. The number of nitrogens with zero attached hydrogens (tertiary/aromatic N) is 3. The number of aliphatic hydroxyl groups excluding tert-OH is 1. The lowest BCUT2D eigenvalue weighted by Gasteiger charge is -2.06. The van der Waals surface area contributed by atoms with Crippen LogP contribution in [0.15, 0.2) is 30.5 Å². The molecule has 1 aromatic heterocycles. The van der Waals surface area contributed by atoms with Gasteiger partial charge in [-0.15, -0.1) is 5.10 Å². The summed E-state index contributed by atoms with van der Waals surface area (Å²) in [7, 11) is 1.31. The van der Waals surface area contributed by atoms with E-state index in [1.165, 1.54) is 7.11 Å². The van der Waals surface area contributed by atoms with E-state index >= 15 is 0 Å². The maximum Gasteiger partial charge on any atom is 0.411 e. The van der Waals surface area contributed by atoms with Gasteiger partial charge in [-0.05, 0) is 24.3 Å². The summed E-state index contributed by atoms with van der Waals surface area (Å²) in [6, 6.07) is 7.20. The fraction of sp³-hybridized carbons (Fsp3) is 0.308. The van der Waals surface area contributed by atoms with E-state index in [0.717, 1.165) is 11.4 Å². The van der Waals surface area contributed by atoms with Crippen molar-refractivity contribution >= 4 is 17.5 Å². The van der Waals surface area contributed by atoms with Gasteiger partial charge in [0.1, 0.15) is 5.69 Å². The molecule has 0 spiro atoms. The molecule has 0 saturated carbocycles. The van der Waals surface area contributed by atoms with E-state index in [-0.39, 0.29) is 6.61 Å². The van der Waals surface area contributed by atoms with Crippen LogP contribution >= 0.6 is 0 Å². The van der Waals surface area contributed by atoms with Crippen LogP contribution in [0.5, 0.6) is 0 Å². The number of ether oxygens (including phenoxy) is 1. The third kappa shape index (κ3) is 4.46. The second-order valence-electron chi connectivity index (χ2n) is 4.24. The highest BCUT2D eigenvalue weighted by Crippen LogP contribution is 2.14. The van der Waals surface area contributed by atoms with Gasteiger partial charge in [-0.2, -0.15) is 0 Å². The molecule has 0 fully saturated rings. The lowest BCUT2D eigenvalue weighted by Crippen LogP contribution is -2.10. The molecule has 8 heteroatoms. The Balaban J connectivity index is 1.86. The van der Waals surface area contributed by atoms with Crippen LogP contribution in [0.25, 0.3) is 0 Å². The number of aliphatic hydroxyl groups is 1. The minimum Gasteiger partial charge on any atom is -0.453 e. The van der Waals surface area contributed by atoms with Crippen molar-refractivity contribution in [2.75, 3.05) is 24.4 Å². The highest BCUT2D eigenvalue weighted by atomic mass is 16.5. The van der Waals surface area contributed by atoms with Crippen LogP contribution in [0.3, 0.4) is 0 Å². The standard InChI is InChI=1S/C13H17N5O3/c1-21-13(20)15-11-4-2-10(3-5-11)14-8-12-9-18(6-7-19)17-16-12/h2-5,9,14,19H,6-8H2,1H3,(H,15,20). The molecule has 0 bridgehead atoms. The first-order valence-corrected chi connectivity index (χ1v) is 6.40. The largest absolute Gasteiger partial charge is 0.453 e. The average Bonchev–Trinajstić information content (AvgIpc) is 2.94. The number of rotatable bonds is 6. The second kappa shape index (κ2) is 7.25. The van der Waals surface area contributed by atoms with Gasteiger partial charge in [0.25, 0.3) is 0 Å². The van der Waals surface area contributed by atoms with Gasteiger partial charge in [0.15, 0.2) is 0 Å². The molecule has 21 heavy (non-hydrogen) atoms. The Labute approximate surface area is 121 Å².